The number of rotatable bonds is 5. The van der Waals surface area contributed by atoms with E-state index in [2.05, 4.69) is 15.4 Å². The van der Waals surface area contributed by atoms with Gasteiger partial charge in [-0.05, 0) is 30.2 Å². The van der Waals surface area contributed by atoms with Gasteiger partial charge in [0, 0.05) is 6.61 Å². The summed E-state index contributed by atoms with van der Waals surface area (Å²) in [6.07, 6.45) is 5.26. The van der Waals surface area contributed by atoms with Crippen molar-refractivity contribution in [1.29, 1.82) is 0 Å². The molecule has 0 amide bonds. The van der Waals surface area contributed by atoms with Crippen LogP contribution in [0.3, 0.4) is 0 Å². The molecule has 0 unspecified atom stereocenters. The maximum atomic E-state index is 5.74. The van der Waals surface area contributed by atoms with Crippen LogP contribution < -0.4 is 11.3 Å². The van der Waals surface area contributed by atoms with Gasteiger partial charge in [-0.15, -0.1) is 11.3 Å². The summed E-state index contributed by atoms with van der Waals surface area (Å²) in [6, 6.07) is 1.97. The molecule has 0 bridgehead atoms. The molecule has 1 fully saturated rings. The van der Waals surface area contributed by atoms with Crippen molar-refractivity contribution in [2.45, 2.75) is 32.3 Å². The SMILES string of the molecule is NNc1nc(COCC2CCCC2)nc2sccc12. The van der Waals surface area contributed by atoms with Crippen LogP contribution in [0.2, 0.25) is 0 Å². The molecular formula is C13H18N4OS. The van der Waals surface area contributed by atoms with E-state index in [0.29, 0.717) is 18.2 Å². The van der Waals surface area contributed by atoms with Gasteiger partial charge in [0.2, 0.25) is 0 Å². The summed E-state index contributed by atoms with van der Waals surface area (Å²) in [5.74, 6) is 7.58. The van der Waals surface area contributed by atoms with Crippen LogP contribution in [0.15, 0.2) is 11.4 Å². The maximum Gasteiger partial charge on any atom is 0.158 e. The zero-order chi connectivity index (χ0) is 13.1. The summed E-state index contributed by atoms with van der Waals surface area (Å²) >= 11 is 1.59. The van der Waals surface area contributed by atoms with Gasteiger partial charge >= 0.3 is 0 Å². The molecule has 0 aromatic carbocycles. The number of hydrogen-bond acceptors (Lipinski definition) is 6. The van der Waals surface area contributed by atoms with Gasteiger partial charge in [0.15, 0.2) is 11.6 Å². The van der Waals surface area contributed by atoms with Crippen molar-refractivity contribution in [1.82, 2.24) is 9.97 Å². The van der Waals surface area contributed by atoms with Crippen molar-refractivity contribution in [3.63, 3.8) is 0 Å². The van der Waals surface area contributed by atoms with Crippen LogP contribution in [0.5, 0.6) is 0 Å². The molecule has 1 aliphatic carbocycles. The second-order valence-electron chi connectivity index (χ2n) is 4.94. The molecule has 2 aromatic heterocycles. The zero-order valence-electron chi connectivity index (χ0n) is 10.8. The van der Waals surface area contributed by atoms with Crippen molar-refractivity contribution in [3.8, 4) is 0 Å². The molecule has 0 saturated heterocycles. The lowest BCUT2D eigenvalue weighted by Gasteiger charge is -2.10. The average Bonchev–Trinajstić information content (AvgIpc) is 3.08. The van der Waals surface area contributed by atoms with Crippen molar-refractivity contribution in [2.75, 3.05) is 12.0 Å². The van der Waals surface area contributed by atoms with Crippen molar-refractivity contribution in [2.24, 2.45) is 11.8 Å². The van der Waals surface area contributed by atoms with Crippen molar-refractivity contribution in [3.05, 3.63) is 17.3 Å². The minimum atomic E-state index is 0.457. The van der Waals surface area contributed by atoms with E-state index in [9.17, 15) is 0 Å². The fraction of sp³-hybridized carbons (Fsp3) is 0.538. The number of nitrogens with one attached hydrogen (secondary N) is 1. The van der Waals surface area contributed by atoms with Gasteiger partial charge in [0.05, 0.1) is 5.39 Å². The fourth-order valence-electron chi connectivity index (χ4n) is 2.57. The number of hydrogen-bond donors (Lipinski definition) is 2. The Hall–Kier alpha value is -1.24. The van der Waals surface area contributed by atoms with E-state index in [1.165, 1.54) is 25.7 Å². The van der Waals surface area contributed by atoms with E-state index < -0.39 is 0 Å². The molecule has 3 rings (SSSR count). The Morgan fingerprint density at radius 3 is 3.00 bits per heavy atom. The van der Waals surface area contributed by atoms with E-state index in [0.717, 1.165) is 22.7 Å². The molecule has 6 heteroatoms. The van der Waals surface area contributed by atoms with Crippen molar-refractivity contribution < 1.29 is 4.74 Å². The Morgan fingerprint density at radius 1 is 1.37 bits per heavy atom. The number of fused-ring (bicyclic) bond motifs is 1. The Balaban J connectivity index is 1.66. The number of anilines is 1. The smallest absolute Gasteiger partial charge is 0.158 e. The van der Waals surface area contributed by atoms with Gasteiger partial charge in [-0.25, -0.2) is 15.8 Å². The number of nitrogen functional groups attached to an aromatic ring is 1. The van der Waals surface area contributed by atoms with Crippen LogP contribution in [-0.4, -0.2) is 16.6 Å². The molecule has 0 aliphatic heterocycles. The van der Waals surface area contributed by atoms with E-state index >= 15 is 0 Å². The summed E-state index contributed by atoms with van der Waals surface area (Å²) in [5.41, 5.74) is 2.63. The highest BCUT2D eigenvalue weighted by Crippen LogP contribution is 2.26. The molecule has 3 N–H and O–H groups in total. The first-order chi connectivity index (χ1) is 9.36. The van der Waals surface area contributed by atoms with Crippen LogP contribution in [0.25, 0.3) is 10.2 Å². The first-order valence-corrected chi connectivity index (χ1v) is 7.53. The van der Waals surface area contributed by atoms with Crippen LogP contribution >= 0.6 is 11.3 Å². The molecule has 1 aliphatic rings. The third-order valence-electron chi connectivity index (χ3n) is 3.57. The quantitative estimate of drug-likeness (QED) is 0.650. The second kappa shape index (κ2) is 5.81. The van der Waals surface area contributed by atoms with E-state index in [-0.39, 0.29) is 0 Å². The summed E-state index contributed by atoms with van der Waals surface area (Å²) in [7, 11) is 0. The number of nitrogens with zero attached hydrogens (tertiary/aromatic N) is 2. The summed E-state index contributed by atoms with van der Waals surface area (Å²) in [6.45, 7) is 1.27. The zero-order valence-corrected chi connectivity index (χ0v) is 11.6. The van der Waals surface area contributed by atoms with Gasteiger partial charge in [-0.1, -0.05) is 12.8 Å². The minimum absolute atomic E-state index is 0.457. The maximum absolute atomic E-state index is 5.74. The largest absolute Gasteiger partial charge is 0.373 e. The highest BCUT2D eigenvalue weighted by molar-refractivity contribution is 7.16. The third-order valence-corrected chi connectivity index (χ3v) is 4.37. The molecular weight excluding hydrogens is 260 g/mol. The van der Waals surface area contributed by atoms with E-state index in [1.54, 1.807) is 11.3 Å². The number of thiophene rings is 1. The first-order valence-electron chi connectivity index (χ1n) is 6.65. The average molecular weight is 278 g/mol. The first kappa shape index (κ1) is 12.8. The van der Waals surface area contributed by atoms with Gasteiger partial charge in [-0.2, -0.15) is 0 Å². The monoisotopic (exact) mass is 278 g/mol. The number of ether oxygens (including phenoxy) is 1. The number of hydrazine groups is 1. The number of aromatic nitrogens is 2. The van der Waals surface area contributed by atoms with Crippen LogP contribution in [0.4, 0.5) is 5.82 Å². The lowest BCUT2D eigenvalue weighted by molar-refractivity contribution is 0.0846. The highest BCUT2D eigenvalue weighted by Gasteiger charge is 2.15. The Kier molecular flexibility index (Phi) is 3.91. The molecule has 1 saturated carbocycles. The normalized spacial score (nSPS) is 16.3. The lowest BCUT2D eigenvalue weighted by atomic mass is 10.1. The third kappa shape index (κ3) is 2.86. The van der Waals surface area contributed by atoms with Crippen LogP contribution in [0.1, 0.15) is 31.5 Å². The van der Waals surface area contributed by atoms with Gasteiger partial charge < -0.3 is 10.2 Å². The summed E-state index contributed by atoms with van der Waals surface area (Å²) < 4.78 is 5.74. The van der Waals surface area contributed by atoms with Gasteiger partial charge in [-0.3, -0.25) is 0 Å². The van der Waals surface area contributed by atoms with Crippen molar-refractivity contribution >= 4 is 27.4 Å². The fourth-order valence-corrected chi connectivity index (χ4v) is 3.35. The van der Waals surface area contributed by atoms with Crippen LogP contribution in [0, 0.1) is 5.92 Å². The Bertz CT molecular complexity index is 551. The molecule has 102 valence electrons. The predicted molar refractivity (Wildman–Crippen MR) is 76.8 cm³/mol. The molecule has 0 spiro atoms. The molecule has 5 nitrogen and oxygen atoms in total. The summed E-state index contributed by atoms with van der Waals surface area (Å²) in [4.78, 5) is 9.83. The molecule has 0 atom stereocenters. The topological polar surface area (TPSA) is 73.1 Å². The minimum Gasteiger partial charge on any atom is -0.373 e. The van der Waals surface area contributed by atoms with E-state index in [4.69, 9.17) is 10.6 Å². The van der Waals surface area contributed by atoms with E-state index in [1.807, 2.05) is 11.4 Å². The van der Waals surface area contributed by atoms with Gasteiger partial charge in [0.1, 0.15) is 11.4 Å². The molecule has 2 aromatic rings. The Labute approximate surface area is 116 Å². The number of nitrogens with two attached hydrogens (primary N) is 1. The molecule has 0 radical (unpaired) electrons. The van der Waals surface area contributed by atoms with Crippen LogP contribution in [-0.2, 0) is 11.3 Å². The molecule has 19 heavy (non-hydrogen) atoms. The predicted octanol–water partition coefficient (Wildman–Crippen LogP) is 2.68. The Morgan fingerprint density at radius 2 is 2.21 bits per heavy atom. The standard InChI is InChI=1S/C13H18N4OS/c14-17-12-10-5-6-19-13(10)16-11(15-12)8-18-7-9-3-1-2-4-9/h5-6,9H,1-4,7-8,14H2,(H,15,16,17). The molecule has 2 heterocycles. The highest BCUT2D eigenvalue weighted by atomic mass is 32.1. The van der Waals surface area contributed by atoms with Gasteiger partial charge in [0.25, 0.3) is 0 Å². The second-order valence-corrected chi connectivity index (χ2v) is 5.83. The summed E-state index contributed by atoms with van der Waals surface area (Å²) in [5, 5.41) is 2.95. The lowest BCUT2D eigenvalue weighted by Crippen LogP contribution is -2.12.